The van der Waals surface area contributed by atoms with Crippen LogP contribution in [-0.4, -0.2) is 18.9 Å². The SMILES string of the molecule is C=C/C=C(\C=C/C)C1(C(=O)NC(C(=O)NC)c2ccccc2)CC1. The van der Waals surface area contributed by atoms with Crippen LogP contribution >= 0.6 is 0 Å². The van der Waals surface area contributed by atoms with E-state index in [0.717, 1.165) is 24.0 Å². The number of allylic oxidation sites excluding steroid dienone is 4. The Morgan fingerprint density at radius 3 is 2.42 bits per heavy atom. The van der Waals surface area contributed by atoms with Gasteiger partial charge in [0.25, 0.3) is 0 Å². The quantitative estimate of drug-likeness (QED) is 0.757. The number of carbonyl (C=O) groups excluding carboxylic acids is 2. The maximum absolute atomic E-state index is 12.9. The van der Waals surface area contributed by atoms with Crippen molar-refractivity contribution in [2.24, 2.45) is 5.41 Å². The second kappa shape index (κ2) is 7.77. The van der Waals surface area contributed by atoms with Crippen molar-refractivity contribution in [3.05, 3.63) is 72.4 Å². The van der Waals surface area contributed by atoms with Gasteiger partial charge in [-0.3, -0.25) is 9.59 Å². The first-order valence-corrected chi connectivity index (χ1v) is 8.12. The van der Waals surface area contributed by atoms with Gasteiger partial charge in [-0.05, 0) is 30.9 Å². The molecule has 1 fully saturated rings. The smallest absolute Gasteiger partial charge is 0.246 e. The molecule has 1 atom stereocenters. The lowest BCUT2D eigenvalue weighted by atomic mass is 9.92. The highest BCUT2D eigenvalue weighted by Crippen LogP contribution is 2.53. The van der Waals surface area contributed by atoms with Crippen LogP contribution in [0.4, 0.5) is 0 Å². The molecule has 2 N–H and O–H groups in total. The maximum atomic E-state index is 12.9. The molecule has 1 aliphatic rings. The largest absolute Gasteiger partial charge is 0.357 e. The average molecular weight is 324 g/mol. The molecule has 1 aromatic rings. The van der Waals surface area contributed by atoms with Gasteiger partial charge in [-0.2, -0.15) is 0 Å². The summed E-state index contributed by atoms with van der Waals surface area (Å²) in [5, 5.41) is 5.55. The Labute approximate surface area is 143 Å². The van der Waals surface area contributed by atoms with Gasteiger partial charge in [-0.15, -0.1) is 0 Å². The van der Waals surface area contributed by atoms with Crippen molar-refractivity contribution in [2.45, 2.75) is 25.8 Å². The van der Waals surface area contributed by atoms with Gasteiger partial charge in [0.05, 0.1) is 5.41 Å². The number of amides is 2. The lowest BCUT2D eigenvalue weighted by Gasteiger charge is -2.22. The lowest BCUT2D eigenvalue weighted by Crippen LogP contribution is -2.42. The van der Waals surface area contributed by atoms with Crippen LogP contribution in [0.15, 0.2) is 66.8 Å². The summed E-state index contributed by atoms with van der Waals surface area (Å²) in [6, 6.07) is 8.57. The molecule has 0 saturated heterocycles. The standard InChI is InChI=1S/C20H24N2O2/c1-4-9-16(10-5-2)20(13-14-20)19(24)22-17(18(23)21-3)15-11-7-6-8-12-15/h4-12,17H,1,13-14H2,2-3H3,(H,21,23)(H,22,24)/b10-5-,16-9+. The van der Waals surface area contributed by atoms with Crippen molar-refractivity contribution in [3.8, 4) is 0 Å². The number of nitrogens with one attached hydrogen (secondary N) is 2. The molecular formula is C20H24N2O2. The van der Waals surface area contributed by atoms with Crippen LogP contribution in [-0.2, 0) is 9.59 Å². The summed E-state index contributed by atoms with van der Waals surface area (Å²) in [7, 11) is 1.57. The number of carbonyl (C=O) groups is 2. The number of likely N-dealkylation sites (N-methyl/N-ethyl adjacent to an activating group) is 1. The summed E-state index contributed by atoms with van der Waals surface area (Å²) in [5.41, 5.74) is 1.14. The fraction of sp³-hybridized carbons (Fsp3) is 0.300. The van der Waals surface area contributed by atoms with Crippen LogP contribution in [0.25, 0.3) is 0 Å². The molecule has 4 nitrogen and oxygen atoms in total. The summed E-state index contributed by atoms with van der Waals surface area (Å²) in [6.45, 7) is 5.65. The minimum Gasteiger partial charge on any atom is -0.357 e. The molecule has 1 unspecified atom stereocenters. The molecule has 126 valence electrons. The molecule has 1 aliphatic carbocycles. The Balaban J connectivity index is 2.26. The van der Waals surface area contributed by atoms with Crippen molar-refractivity contribution < 1.29 is 9.59 Å². The highest BCUT2D eigenvalue weighted by Gasteiger charge is 2.52. The molecule has 2 rings (SSSR count). The minimum atomic E-state index is -0.697. The van der Waals surface area contributed by atoms with E-state index in [4.69, 9.17) is 0 Å². The fourth-order valence-electron chi connectivity index (χ4n) is 2.81. The second-order valence-corrected chi connectivity index (χ2v) is 5.87. The maximum Gasteiger partial charge on any atom is 0.246 e. The van der Waals surface area contributed by atoms with E-state index in [1.807, 2.05) is 55.5 Å². The number of hydrogen-bond donors (Lipinski definition) is 2. The van der Waals surface area contributed by atoms with E-state index >= 15 is 0 Å². The van der Waals surface area contributed by atoms with Crippen molar-refractivity contribution in [3.63, 3.8) is 0 Å². The Bertz CT molecular complexity index is 670. The average Bonchev–Trinajstić information content (AvgIpc) is 3.41. The fourth-order valence-corrected chi connectivity index (χ4v) is 2.81. The van der Waals surface area contributed by atoms with Gasteiger partial charge in [0.1, 0.15) is 6.04 Å². The highest BCUT2D eigenvalue weighted by atomic mass is 16.2. The van der Waals surface area contributed by atoms with Gasteiger partial charge in [0, 0.05) is 7.05 Å². The third kappa shape index (κ3) is 3.65. The number of benzene rings is 1. The van der Waals surface area contributed by atoms with Gasteiger partial charge >= 0.3 is 0 Å². The molecule has 0 aliphatic heterocycles. The van der Waals surface area contributed by atoms with Crippen LogP contribution in [0, 0.1) is 5.41 Å². The van der Waals surface area contributed by atoms with Gasteiger partial charge in [0.15, 0.2) is 0 Å². The molecule has 0 radical (unpaired) electrons. The van der Waals surface area contributed by atoms with E-state index < -0.39 is 11.5 Å². The normalized spacial score (nSPS) is 17.2. The first kappa shape index (κ1) is 17.7. The predicted molar refractivity (Wildman–Crippen MR) is 96.2 cm³/mol. The zero-order chi connectivity index (χ0) is 17.6. The van der Waals surface area contributed by atoms with Crippen LogP contribution in [0.1, 0.15) is 31.4 Å². The van der Waals surface area contributed by atoms with E-state index in [2.05, 4.69) is 17.2 Å². The van der Waals surface area contributed by atoms with E-state index in [1.165, 1.54) is 0 Å². The summed E-state index contributed by atoms with van der Waals surface area (Å²) in [5.74, 6) is -0.350. The van der Waals surface area contributed by atoms with Crippen molar-refractivity contribution >= 4 is 11.8 Å². The number of hydrogen-bond acceptors (Lipinski definition) is 2. The van der Waals surface area contributed by atoms with Crippen molar-refractivity contribution in [1.29, 1.82) is 0 Å². The molecule has 24 heavy (non-hydrogen) atoms. The van der Waals surface area contributed by atoms with Crippen molar-refractivity contribution in [1.82, 2.24) is 10.6 Å². The summed E-state index contributed by atoms with van der Waals surface area (Å²) in [6.07, 6.45) is 8.96. The van der Waals surface area contributed by atoms with E-state index in [1.54, 1.807) is 13.1 Å². The van der Waals surface area contributed by atoms with Crippen LogP contribution in [0.2, 0.25) is 0 Å². The Morgan fingerprint density at radius 2 is 1.92 bits per heavy atom. The van der Waals surface area contributed by atoms with Crippen LogP contribution < -0.4 is 10.6 Å². The van der Waals surface area contributed by atoms with Crippen LogP contribution in [0.5, 0.6) is 0 Å². The third-order valence-electron chi connectivity index (χ3n) is 4.30. The first-order chi connectivity index (χ1) is 11.6. The van der Waals surface area contributed by atoms with E-state index in [0.29, 0.717) is 0 Å². The third-order valence-corrected chi connectivity index (χ3v) is 4.30. The zero-order valence-electron chi connectivity index (χ0n) is 14.2. The van der Waals surface area contributed by atoms with E-state index in [-0.39, 0.29) is 11.8 Å². The molecule has 2 amide bonds. The minimum absolute atomic E-state index is 0.119. The zero-order valence-corrected chi connectivity index (χ0v) is 14.2. The number of rotatable bonds is 7. The van der Waals surface area contributed by atoms with E-state index in [9.17, 15) is 9.59 Å². The van der Waals surface area contributed by atoms with Gasteiger partial charge < -0.3 is 10.6 Å². The molecule has 0 spiro atoms. The summed E-state index contributed by atoms with van der Waals surface area (Å²) < 4.78 is 0. The first-order valence-electron chi connectivity index (χ1n) is 8.12. The molecule has 1 saturated carbocycles. The summed E-state index contributed by atoms with van der Waals surface area (Å²) in [4.78, 5) is 25.2. The van der Waals surface area contributed by atoms with Gasteiger partial charge in [0.2, 0.25) is 11.8 Å². The summed E-state index contributed by atoms with van der Waals surface area (Å²) >= 11 is 0. The molecule has 1 aromatic carbocycles. The Morgan fingerprint density at radius 1 is 1.25 bits per heavy atom. The molecular weight excluding hydrogens is 300 g/mol. The topological polar surface area (TPSA) is 58.2 Å². The van der Waals surface area contributed by atoms with Crippen molar-refractivity contribution in [2.75, 3.05) is 7.05 Å². The predicted octanol–water partition coefficient (Wildman–Crippen LogP) is 3.06. The molecule has 4 heteroatoms. The Hall–Kier alpha value is -2.62. The molecule has 0 bridgehead atoms. The molecule has 0 heterocycles. The monoisotopic (exact) mass is 324 g/mol. The molecule has 0 aromatic heterocycles. The Kier molecular flexibility index (Phi) is 5.74. The van der Waals surface area contributed by atoms with Gasteiger partial charge in [-0.25, -0.2) is 0 Å². The lowest BCUT2D eigenvalue weighted by molar-refractivity contribution is -0.131. The van der Waals surface area contributed by atoms with Crippen LogP contribution in [0.3, 0.4) is 0 Å². The second-order valence-electron chi connectivity index (χ2n) is 5.87. The van der Waals surface area contributed by atoms with Gasteiger partial charge in [-0.1, -0.05) is 61.2 Å². The highest BCUT2D eigenvalue weighted by molar-refractivity contribution is 5.94.